The van der Waals surface area contributed by atoms with Crippen molar-refractivity contribution in [3.63, 3.8) is 0 Å². The normalized spacial score (nSPS) is 10.6. The van der Waals surface area contributed by atoms with E-state index in [0.717, 1.165) is 5.56 Å². The Morgan fingerprint density at radius 2 is 1.83 bits per heavy atom. The van der Waals surface area contributed by atoms with Crippen LogP contribution >= 0.6 is 23.2 Å². The summed E-state index contributed by atoms with van der Waals surface area (Å²) in [4.78, 5) is 12.1. The Labute approximate surface area is 177 Å². The number of hydrogen-bond acceptors (Lipinski definition) is 6. The fourth-order valence-corrected chi connectivity index (χ4v) is 3.10. The smallest absolute Gasteiger partial charge is 0.361 e. The Kier molecular flexibility index (Phi) is 6.95. The molecule has 0 atom stereocenters. The van der Waals surface area contributed by atoms with E-state index in [0.29, 0.717) is 39.4 Å². The topological polar surface area (TPSA) is 86.3 Å². The minimum absolute atomic E-state index is 0.0649. The standard InChI is InChI=1S/C20H19Cl2N3O4/c1-3-27-16-10-13(17-18(24-25-23-17)20(26)28-4-2)9-15(22)19(16)29-11-12-7-5-6-8-14(12)21/h5-10H,3-4,11H2,1-2H3,(H,23,24,25). The van der Waals surface area contributed by atoms with Crippen LogP contribution in [0.25, 0.3) is 11.3 Å². The third kappa shape index (κ3) is 4.81. The van der Waals surface area contributed by atoms with Crippen LogP contribution in [0.3, 0.4) is 0 Å². The summed E-state index contributed by atoms with van der Waals surface area (Å²) in [6, 6.07) is 10.7. The molecule has 3 rings (SSSR count). The van der Waals surface area contributed by atoms with Crippen molar-refractivity contribution >= 4 is 29.2 Å². The largest absolute Gasteiger partial charge is 0.490 e. The highest BCUT2D eigenvalue weighted by Gasteiger charge is 2.22. The van der Waals surface area contributed by atoms with Gasteiger partial charge in [0.25, 0.3) is 0 Å². The number of benzene rings is 2. The molecule has 2 aromatic carbocycles. The van der Waals surface area contributed by atoms with Crippen LogP contribution in [0.5, 0.6) is 11.5 Å². The van der Waals surface area contributed by atoms with Gasteiger partial charge in [-0.1, -0.05) is 41.4 Å². The lowest BCUT2D eigenvalue weighted by Crippen LogP contribution is -2.07. The molecule has 0 radical (unpaired) electrons. The molecule has 0 aliphatic heterocycles. The molecule has 1 aromatic heterocycles. The maximum absolute atomic E-state index is 12.1. The van der Waals surface area contributed by atoms with Crippen molar-refractivity contribution in [1.82, 2.24) is 15.4 Å². The summed E-state index contributed by atoms with van der Waals surface area (Å²) in [6.07, 6.45) is 0. The second kappa shape index (κ2) is 9.62. The number of aromatic amines is 1. The molecule has 0 bridgehead atoms. The Hall–Kier alpha value is -2.77. The zero-order valence-corrected chi connectivity index (χ0v) is 17.4. The Morgan fingerprint density at radius 1 is 1.03 bits per heavy atom. The molecule has 9 heteroatoms. The number of nitrogens with zero attached hydrogens (tertiary/aromatic N) is 2. The van der Waals surface area contributed by atoms with Gasteiger partial charge in [0.2, 0.25) is 0 Å². The maximum atomic E-state index is 12.1. The minimum atomic E-state index is -0.579. The van der Waals surface area contributed by atoms with Crippen molar-refractivity contribution in [3.05, 3.63) is 57.7 Å². The quantitative estimate of drug-likeness (QED) is 0.504. The lowest BCUT2D eigenvalue weighted by atomic mass is 10.1. The number of aromatic nitrogens is 3. The number of esters is 1. The summed E-state index contributed by atoms with van der Waals surface area (Å²) in [6.45, 7) is 4.40. The molecule has 29 heavy (non-hydrogen) atoms. The van der Waals surface area contributed by atoms with Crippen LogP contribution in [-0.2, 0) is 11.3 Å². The first-order valence-electron chi connectivity index (χ1n) is 8.95. The van der Waals surface area contributed by atoms with Gasteiger partial charge in [-0.15, -0.1) is 5.10 Å². The van der Waals surface area contributed by atoms with Crippen LogP contribution in [0.15, 0.2) is 36.4 Å². The summed E-state index contributed by atoms with van der Waals surface area (Å²) in [5.41, 5.74) is 1.73. The summed E-state index contributed by atoms with van der Waals surface area (Å²) < 4.78 is 16.6. The average molecular weight is 436 g/mol. The monoisotopic (exact) mass is 435 g/mol. The number of halogens is 2. The summed E-state index contributed by atoms with van der Waals surface area (Å²) in [7, 11) is 0. The highest BCUT2D eigenvalue weighted by molar-refractivity contribution is 6.32. The number of rotatable bonds is 8. The van der Waals surface area contributed by atoms with Crippen molar-refractivity contribution in [2.24, 2.45) is 0 Å². The van der Waals surface area contributed by atoms with Crippen LogP contribution in [0, 0.1) is 0 Å². The lowest BCUT2D eigenvalue weighted by Gasteiger charge is -2.15. The SMILES string of the molecule is CCOC(=O)c1n[nH]nc1-c1cc(Cl)c(OCc2ccccc2Cl)c(OCC)c1. The summed E-state index contributed by atoms with van der Waals surface area (Å²) >= 11 is 12.7. The van der Waals surface area contributed by atoms with Crippen LogP contribution in [0.4, 0.5) is 0 Å². The number of nitrogens with one attached hydrogen (secondary N) is 1. The molecular formula is C20H19Cl2N3O4. The fourth-order valence-electron chi connectivity index (χ4n) is 2.65. The number of carbonyl (C=O) groups is 1. The van der Waals surface area contributed by atoms with Gasteiger partial charge in [0.15, 0.2) is 17.2 Å². The first-order valence-corrected chi connectivity index (χ1v) is 9.71. The van der Waals surface area contributed by atoms with Gasteiger partial charge in [0, 0.05) is 16.1 Å². The molecule has 0 amide bonds. The molecule has 0 unspecified atom stereocenters. The van der Waals surface area contributed by atoms with E-state index in [1.807, 2.05) is 25.1 Å². The molecule has 7 nitrogen and oxygen atoms in total. The Morgan fingerprint density at radius 3 is 2.55 bits per heavy atom. The van der Waals surface area contributed by atoms with Gasteiger partial charge in [-0.2, -0.15) is 10.3 Å². The van der Waals surface area contributed by atoms with E-state index >= 15 is 0 Å². The van der Waals surface area contributed by atoms with Crippen molar-refractivity contribution in [1.29, 1.82) is 0 Å². The molecule has 0 saturated heterocycles. The van der Waals surface area contributed by atoms with Gasteiger partial charge in [0.05, 0.1) is 18.2 Å². The molecule has 1 heterocycles. The van der Waals surface area contributed by atoms with E-state index in [-0.39, 0.29) is 18.9 Å². The van der Waals surface area contributed by atoms with E-state index in [4.69, 9.17) is 37.4 Å². The van der Waals surface area contributed by atoms with Gasteiger partial charge in [-0.05, 0) is 32.0 Å². The van der Waals surface area contributed by atoms with E-state index in [9.17, 15) is 4.79 Å². The predicted molar refractivity (Wildman–Crippen MR) is 110 cm³/mol. The number of hydrogen-bond donors (Lipinski definition) is 1. The van der Waals surface area contributed by atoms with E-state index < -0.39 is 5.97 Å². The second-order valence-corrected chi connectivity index (χ2v) is 6.65. The zero-order chi connectivity index (χ0) is 20.8. The van der Waals surface area contributed by atoms with Crippen molar-refractivity contribution in [2.45, 2.75) is 20.5 Å². The van der Waals surface area contributed by atoms with Gasteiger partial charge >= 0.3 is 5.97 Å². The molecule has 0 saturated carbocycles. The van der Waals surface area contributed by atoms with Gasteiger partial charge in [-0.25, -0.2) is 4.79 Å². The van der Waals surface area contributed by atoms with Gasteiger partial charge in [-0.3, -0.25) is 0 Å². The third-order valence-electron chi connectivity index (χ3n) is 3.93. The van der Waals surface area contributed by atoms with Crippen LogP contribution in [0.2, 0.25) is 10.0 Å². The van der Waals surface area contributed by atoms with Crippen molar-refractivity contribution in [2.75, 3.05) is 13.2 Å². The molecule has 0 fully saturated rings. The molecule has 0 spiro atoms. The third-order valence-corrected chi connectivity index (χ3v) is 4.58. The second-order valence-electron chi connectivity index (χ2n) is 5.84. The van der Waals surface area contributed by atoms with Crippen LogP contribution < -0.4 is 9.47 Å². The molecule has 152 valence electrons. The minimum Gasteiger partial charge on any atom is -0.490 e. The van der Waals surface area contributed by atoms with E-state index in [1.54, 1.807) is 25.1 Å². The molecule has 0 aliphatic carbocycles. The van der Waals surface area contributed by atoms with E-state index in [1.165, 1.54) is 0 Å². The van der Waals surface area contributed by atoms with Gasteiger partial charge in [0.1, 0.15) is 12.3 Å². The average Bonchev–Trinajstić information content (AvgIpc) is 3.19. The van der Waals surface area contributed by atoms with Gasteiger partial charge < -0.3 is 14.2 Å². The first kappa shape index (κ1) is 21.0. The summed E-state index contributed by atoms with van der Waals surface area (Å²) in [5, 5.41) is 11.3. The summed E-state index contributed by atoms with van der Waals surface area (Å²) in [5.74, 6) is 0.211. The highest BCUT2D eigenvalue weighted by atomic mass is 35.5. The number of ether oxygens (including phenoxy) is 3. The molecule has 0 aliphatic rings. The number of H-pyrrole nitrogens is 1. The van der Waals surface area contributed by atoms with Crippen molar-refractivity contribution < 1.29 is 19.0 Å². The van der Waals surface area contributed by atoms with E-state index in [2.05, 4.69) is 15.4 Å². The Bertz CT molecular complexity index is 1010. The first-order chi connectivity index (χ1) is 14.0. The zero-order valence-electron chi connectivity index (χ0n) is 15.9. The molecule has 3 aromatic rings. The van der Waals surface area contributed by atoms with Crippen LogP contribution in [-0.4, -0.2) is 34.6 Å². The lowest BCUT2D eigenvalue weighted by molar-refractivity contribution is 0.0520. The molecule has 1 N–H and O–H groups in total. The predicted octanol–water partition coefficient (Wildman–Crippen LogP) is 4.93. The highest BCUT2D eigenvalue weighted by Crippen LogP contribution is 2.40. The molecular weight excluding hydrogens is 417 g/mol. The number of carbonyl (C=O) groups excluding carboxylic acids is 1. The Balaban J connectivity index is 1.94. The van der Waals surface area contributed by atoms with Crippen molar-refractivity contribution in [3.8, 4) is 22.8 Å². The van der Waals surface area contributed by atoms with Crippen LogP contribution in [0.1, 0.15) is 29.9 Å². The maximum Gasteiger partial charge on any atom is 0.361 e. The fraction of sp³-hybridized carbons (Fsp3) is 0.250.